The molecule has 0 radical (unpaired) electrons. The van der Waals surface area contributed by atoms with Gasteiger partial charge in [0.15, 0.2) is 11.4 Å². The van der Waals surface area contributed by atoms with Crippen molar-refractivity contribution in [2.24, 2.45) is 0 Å². The van der Waals surface area contributed by atoms with Crippen LogP contribution in [0.5, 0.6) is 5.06 Å². The highest BCUT2D eigenvalue weighted by molar-refractivity contribution is 7.17. The zero-order chi connectivity index (χ0) is 12.3. The number of nitrogens with zero attached hydrogens (tertiary/aromatic N) is 1. The number of hydrogen-bond donors (Lipinski definition) is 1. The zero-order valence-corrected chi connectivity index (χ0v) is 10.5. The molecule has 2 N–H and O–H groups in total. The summed E-state index contributed by atoms with van der Waals surface area (Å²) in [5.74, 6) is 0. The van der Waals surface area contributed by atoms with Gasteiger partial charge in [-0.3, -0.25) is 0 Å². The Morgan fingerprint density at radius 3 is 2.65 bits per heavy atom. The van der Waals surface area contributed by atoms with Gasteiger partial charge >= 0.3 is 0 Å². The quantitative estimate of drug-likeness (QED) is 0.848. The summed E-state index contributed by atoms with van der Waals surface area (Å²) in [6.07, 6.45) is -0.322. The third kappa shape index (κ3) is 2.75. The van der Waals surface area contributed by atoms with E-state index in [1.807, 2.05) is 37.3 Å². The number of benzene rings is 1. The number of rotatable bonds is 4. The van der Waals surface area contributed by atoms with Crippen molar-refractivity contribution < 1.29 is 9.47 Å². The number of nitrogen functional groups attached to an aromatic ring is 1. The molecule has 0 saturated carbocycles. The summed E-state index contributed by atoms with van der Waals surface area (Å²) in [5, 5.41) is 1.17. The van der Waals surface area contributed by atoms with Crippen molar-refractivity contribution in [3.8, 4) is 16.3 Å². The summed E-state index contributed by atoms with van der Waals surface area (Å²) < 4.78 is 10.7. The molecule has 4 nitrogen and oxygen atoms in total. The lowest BCUT2D eigenvalue weighted by Crippen LogP contribution is -2.13. The zero-order valence-electron chi connectivity index (χ0n) is 9.71. The molecule has 90 valence electrons. The fourth-order valence-electron chi connectivity index (χ4n) is 1.38. The first-order valence-electron chi connectivity index (χ1n) is 5.22. The number of methoxy groups -OCH3 is 1. The average Bonchev–Trinajstić information content (AvgIpc) is 2.71. The van der Waals surface area contributed by atoms with E-state index in [0.29, 0.717) is 10.2 Å². The van der Waals surface area contributed by atoms with E-state index >= 15 is 0 Å². The van der Waals surface area contributed by atoms with Gasteiger partial charge in [-0.15, -0.1) is 0 Å². The van der Waals surface area contributed by atoms with Crippen LogP contribution in [-0.2, 0) is 4.74 Å². The molecule has 0 spiro atoms. The van der Waals surface area contributed by atoms with E-state index in [-0.39, 0.29) is 6.29 Å². The van der Waals surface area contributed by atoms with Gasteiger partial charge in [-0.1, -0.05) is 41.7 Å². The lowest BCUT2D eigenvalue weighted by Gasteiger charge is -2.11. The smallest absolute Gasteiger partial charge is 0.207 e. The van der Waals surface area contributed by atoms with Gasteiger partial charge in [0, 0.05) is 12.7 Å². The monoisotopic (exact) mass is 250 g/mol. The molecule has 0 aliphatic carbocycles. The summed E-state index contributed by atoms with van der Waals surface area (Å²) in [6, 6.07) is 9.80. The molecule has 1 unspecified atom stereocenters. The van der Waals surface area contributed by atoms with Crippen molar-refractivity contribution in [1.82, 2.24) is 4.98 Å². The Bertz CT molecular complexity index is 485. The number of ether oxygens (including phenoxy) is 2. The molecule has 1 heterocycles. The van der Waals surface area contributed by atoms with Crippen LogP contribution < -0.4 is 10.5 Å². The average molecular weight is 250 g/mol. The van der Waals surface area contributed by atoms with E-state index < -0.39 is 0 Å². The molecular formula is C12H14N2O2S. The molecule has 1 aromatic carbocycles. The van der Waals surface area contributed by atoms with Crippen LogP contribution in [0, 0.1) is 0 Å². The minimum Gasteiger partial charge on any atom is -0.453 e. The third-order valence-corrected chi connectivity index (χ3v) is 3.04. The van der Waals surface area contributed by atoms with E-state index in [4.69, 9.17) is 15.2 Å². The minimum absolute atomic E-state index is 0.322. The SMILES string of the molecule is COC(C)Oc1sc(N)nc1-c1ccccc1. The van der Waals surface area contributed by atoms with Gasteiger partial charge < -0.3 is 15.2 Å². The largest absolute Gasteiger partial charge is 0.453 e. The van der Waals surface area contributed by atoms with Crippen molar-refractivity contribution in [3.05, 3.63) is 30.3 Å². The molecule has 1 atom stereocenters. The topological polar surface area (TPSA) is 57.4 Å². The maximum absolute atomic E-state index is 5.72. The molecule has 0 aliphatic heterocycles. The summed E-state index contributed by atoms with van der Waals surface area (Å²) in [4.78, 5) is 4.28. The maximum atomic E-state index is 5.72. The van der Waals surface area contributed by atoms with Gasteiger partial charge in [0.1, 0.15) is 5.69 Å². The number of thiazole rings is 1. The van der Waals surface area contributed by atoms with Gasteiger partial charge in [-0.25, -0.2) is 4.98 Å². The van der Waals surface area contributed by atoms with E-state index in [2.05, 4.69) is 4.98 Å². The molecule has 1 aromatic heterocycles. The van der Waals surface area contributed by atoms with Crippen LogP contribution >= 0.6 is 11.3 Å². The van der Waals surface area contributed by atoms with Gasteiger partial charge in [-0.2, -0.15) is 0 Å². The Hall–Kier alpha value is -1.59. The van der Waals surface area contributed by atoms with Crippen LogP contribution in [0.1, 0.15) is 6.92 Å². The summed E-state index contributed by atoms with van der Waals surface area (Å²) in [5.41, 5.74) is 7.47. The highest BCUT2D eigenvalue weighted by Gasteiger charge is 2.15. The molecule has 0 aliphatic rings. The van der Waals surface area contributed by atoms with Crippen LogP contribution in [0.25, 0.3) is 11.3 Å². The van der Waals surface area contributed by atoms with Gasteiger partial charge in [0.25, 0.3) is 0 Å². The summed E-state index contributed by atoms with van der Waals surface area (Å²) in [6.45, 7) is 1.82. The maximum Gasteiger partial charge on any atom is 0.207 e. The summed E-state index contributed by atoms with van der Waals surface area (Å²) in [7, 11) is 1.59. The standard InChI is InChI=1S/C12H14N2O2S/c1-8(15-2)16-11-10(14-12(13)17-11)9-6-4-3-5-7-9/h3-8H,1-2H3,(H2,13,14). The van der Waals surface area contributed by atoms with Crippen LogP contribution in [0.4, 0.5) is 5.13 Å². The van der Waals surface area contributed by atoms with Crippen LogP contribution in [0.15, 0.2) is 30.3 Å². The molecule has 2 aromatic rings. The normalized spacial score (nSPS) is 12.4. The van der Waals surface area contributed by atoms with Crippen molar-refractivity contribution >= 4 is 16.5 Å². The van der Waals surface area contributed by atoms with Gasteiger partial charge in [0.2, 0.25) is 5.06 Å². The second-order valence-corrected chi connectivity index (χ2v) is 4.47. The number of aromatic nitrogens is 1. The highest BCUT2D eigenvalue weighted by atomic mass is 32.1. The van der Waals surface area contributed by atoms with Crippen molar-refractivity contribution in [3.63, 3.8) is 0 Å². The van der Waals surface area contributed by atoms with Crippen molar-refractivity contribution in [2.45, 2.75) is 13.2 Å². The number of hydrogen-bond acceptors (Lipinski definition) is 5. The Morgan fingerprint density at radius 2 is 2.00 bits per heavy atom. The molecule has 0 bridgehead atoms. The Labute approximate surface area is 104 Å². The molecular weight excluding hydrogens is 236 g/mol. The first kappa shape index (κ1) is 11.9. The lowest BCUT2D eigenvalue weighted by molar-refractivity contribution is -0.0356. The fraction of sp³-hybridized carbons (Fsp3) is 0.250. The molecule has 0 saturated heterocycles. The van der Waals surface area contributed by atoms with Crippen molar-refractivity contribution in [2.75, 3.05) is 12.8 Å². The lowest BCUT2D eigenvalue weighted by atomic mass is 10.2. The highest BCUT2D eigenvalue weighted by Crippen LogP contribution is 2.37. The summed E-state index contributed by atoms with van der Waals surface area (Å²) >= 11 is 1.32. The van der Waals surface area contributed by atoms with Crippen LogP contribution in [-0.4, -0.2) is 18.4 Å². The van der Waals surface area contributed by atoms with E-state index in [9.17, 15) is 0 Å². The predicted molar refractivity (Wildman–Crippen MR) is 69.1 cm³/mol. The number of nitrogens with two attached hydrogens (primary N) is 1. The predicted octanol–water partition coefficient (Wildman–Crippen LogP) is 2.76. The van der Waals surface area contributed by atoms with Crippen molar-refractivity contribution in [1.29, 1.82) is 0 Å². The minimum atomic E-state index is -0.322. The Morgan fingerprint density at radius 1 is 1.29 bits per heavy atom. The first-order chi connectivity index (χ1) is 8.20. The molecule has 0 amide bonds. The van der Waals surface area contributed by atoms with E-state index in [0.717, 1.165) is 11.3 Å². The fourth-order valence-corrected chi connectivity index (χ4v) is 2.15. The van der Waals surface area contributed by atoms with Crippen LogP contribution in [0.3, 0.4) is 0 Å². The molecule has 0 fully saturated rings. The van der Waals surface area contributed by atoms with E-state index in [1.54, 1.807) is 7.11 Å². The second kappa shape index (κ2) is 5.16. The molecule has 5 heteroatoms. The molecule has 17 heavy (non-hydrogen) atoms. The first-order valence-corrected chi connectivity index (χ1v) is 6.03. The number of anilines is 1. The Balaban J connectivity index is 2.34. The third-order valence-electron chi connectivity index (χ3n) is 2.26. The van der Waals surface area contributed by atoms with Gasteiger partial charge in [0.05, 0.1) is 0 Å². The Kier molecular flexibility index (Phi) is 3.61. The van der Waals surface area contributed by atoms with E-state index in [1.165, 1.54) is 11.3 Å². The van der Waals surface area contributed by atoms with Gasteiger partial charge in [-0.05, 0) is 6.92 Å². The molecule has 2 rings (SSSR count). The van der Waals surface area contributed by atoms with Crippen LogP contribution in [0.2, 0.25) is 0 Å². The second-order valence-electron chi connectivity index (χ2n) is 3.48.